The maximum atomic E-state index is 15.0. The molecule has 3 aromatic heterocycles. The van der Waals surface area contributed by atoms with Gasteiger partial charge in [0.2, 0.25) is 5.91 Å². The van der Waals surface area contributed by atoms with Gasteiger partial charge < -0.3 is 15.0 Å². The first-order chi connectivity index (χ1) is 23.3. The number of halogens is 2. The smallest absolute Gasteiger partial charge is 0.258 e. The Morgan fingerprint density at radius 2 is 1.81 bits per heavy atom. The molecule has 2 aliphatic rings. The van der Waals surface area contributed by atoms with Gasteiger partial charge in [0, 0.05) is 74.1 Å². The summed E-state index contributed by atoms with van der Waals surface area (Å²) in [6.45, 7) is 1.64. The molecule has 244 valence electrons. The van der Waals surface area contributed by atoms with Crippen LogP contribution in [0.3, 0.4) is 0 Å². The number of carbonyl (C=O) groups excluding carboxylic acids is 2. The van der Waals surface area contributed by atoms with E-state index in [1.807, 2.05) is 23.1 Å². The predicted octanol–water partition coefficient (Wildman–Crippen LogP) is 4.71. The summed E-state index contributed by atoms with van der Waals surface area (Å²) in [5.41, 5.74) is 3.08. The zero-order valence-corrected chi connectivity index (χ0v) is 26.1. The van der Waals surface area contributed by atoms with Crippen LogP contribution in [0.15, 0.2) is 79.3 Å². The van der Waals surface area contributed by atoms with Crippen molar-refractivity contribution in [1.82, 2.24) is 34.9 Å². The molecule has 11 nitrogen and oxygen atoms in total. The van der Waals surface area contributed by atoms with E-state index in [0.717, 1.165) is 22.0 Å². The fraction of sp³-hybridized carbons (Fsp3) is 0.257. The van der Waals surface area contributed by atoms with Crippen molar-refractivity contribution < 1.29 is 23.1 Å². The van der Waals surface area contributed by atoms with Crippen molar-refractivity contribution in [2.45, 2.75) is 18.4 Å². The van der Waals surface area contributed by atoms with Crippen LogP contribution in [0.4, 0.5) is 14.5 Å². The van der Waals surface area contributed by atoms with E-state index in [2.05, 4.69) is 30.5 Å². The number of nitrogens with zero attached hydrogens (tertiary/aromatic N) is 6. The van der Waals surface area contributed by atoms with Crippen LogP contribution in [-0.4, -0.2) is 92.2 Å². The molecule has 13 heteroatoms. The SMILES string of the molecule is CO[C@@]1(C(=O)Nc2ccc3[nH]nc(-c4ccc(F)cc4)c3c2)CCN(CC(=O)N2CC=C(c3ncc(-c4ncccn4)cc3F)CC2)C1. The van der Waals surface area contributed by atoms with Gasteiger partial charge in [0.15, 0.2) is 11.4 Å². The van der Waals surface area contributed by atoms with Gasteiger partial charge in [-0.1, -0.05) is 6.08 Å². The number of fused-ring (bicyclic) bond motifs is 1. The van der Waals surface area contributed by atoms with E-state index in [0.29, 0.717) is 55.2 Å². The predicted molar refractivity (Wildman–Crippen MR) is 175 cm³/mol. The lowest BCUT2D eigenvalue weighted by molar-refractivity contribution is -0.138. The molecule has 2 aliphatic heterocycles. The number of rotatable bonds is 8. The fourth-order valence-electron chi connectivity index (χ4n) is 6.25. The van der Waals surface area contributed by atoms with Crippen LogP contribution in [0.25, 0.3) is 39.1 Å². The number of anilines is 1. The molecule has 0 radical (unpaired) electrons. The first-order valence-electron chi connectivity index (χ1n) is 15.5. The Kier molecular flexibility index (Phi) is 8.46. The number of hydrogen-bond donors (Lipinski definition) is 2. The van der Waals surface area contributed by atoms with Gasteiger partial charge in [-0.2, -0.15) is 5.10 Å². The third kappa shape index (κ3) is 6.17. The van der Waals surface area contributed by atoms with Crippen molar-refractivity contribution in [3.05, 3.63) is 96.6 Å². The highest BCUT2D eigenvalue weighted by Crippen LogP contribution is 2.31. The zero-order chi connectivity index (χ0) is 33.3. The number of amides is 2. The summed E-state index contributed by atoms with van der Waals surface area (Å²) < 4.78 is 34.3. The number of carbonyl (C=O) groups is 2. The minimum Gasteiger partial charge on any atom is -0.367 e. The second-order valence-corrected chi connectivity index (χ2v) is 11.9. The number of benzene rings is 2. The molecule has 0 spiro atoms. The molecule has 0 aliphatic carbocycles. The number of aromatic amines is 1. The van der Waals surface area contributed by atoms with E-state index in [1.54, 1.807) is 47.8 Å². The molecular weight excluding hydrogens is 618 g/mol. The molecule has 2 N–H and O–H groups in total. The Hall–Kier alpha value is -5.40. The van der Waals surface area contributed by atoms with Crippen LogP contribution in [0.5, 0.6) is 0 Å². The number of pyridine rings is 1. The van der Waals surface area contributed by atoms with Crippen LogP contribution >= 0.6 is 0 Å². The van der Waals surface area contributed by atoms with Crippen LogP contribution in [0.1, 0.15) is 18.5 Å². The van der Waals surface area contributed by atoms with E-state index in [1.165, 1.54) is 25.3 Å². The second-order valence-electron chi connectivity index (χ2n) is 11.9. The van der Waals surface area contributed by atoms with Gasteiger partial charge in [0.05, 0.1) is 17.8 Å². The van der Waals surface area contributed by atoms with Crippen LogP contribution in [0, 0.1) is 11.6 Å². The van der Waals surface area contributed by atoms with Gasteiger partial charge in [0.25, 0.3) is 5.91 Å². The molecule has 2 aromatic carbocycles. The van der Waals surface area contributed by atoms with E-state index in [-0.39, 0.29) is 36.4 Å². The molecule has 5 aromatic rings. The lowest BCUT2D eigenvalue weighted by Gasteiger charge is -2.29. The summed E-state index contributed by atoms with van der Waals surface area (Å²) in [4.78, 5) is 43.1. The Morgan fingerprint density at radius 1 is 1.00 bits per heavy atom. The molecule has 2 amide bonds. The summed E-state index contributed by atoms with van der Waals surface area (Å²) in [6, 6.07) is 14.5. The minimum absolute atomic E-state index is 0.0821. The first-order valence-corrected chi connectivity index (χ1v) is 15.5. The van der Waals surface area contributed by atoms with Crippen LogP contribution in [0.2, 0.25) is 0 Å². The number of aromatic nitrogens is 5. The topological polar surface area (TPSA) is 129 Å². The number of likely N-dealkylation sites (tertiary alicyclic amines) is 1. The van der Waals surface area contributed by atoms with Crippen molar-refractivity contribution in [3.8, 4) is 22.6 Å². The van der Waals surface area contributed by atoms with Crippen molar-refractivity contribution in [2.24, 2.45) is 0 Å². The third-order valence-electron chi connectivity index (χ3n) is 8.94. The van der Waals surface area contributed by atoms with E-state index in [4.69, 9.17) is 4.74 Å². The molecule has 1 fully saturated rings. The lowest BCUT2D eigenvalue weighted by atomic mass is 10.0. The van der Waals surface area contributed by atoms with Crippen molar-refractivity contribution in [2.75, 3.05) is 45.2 Å². The van der Waals surface area contributed by atoms with E-state index < -0.39 is 11.4 Å². The summed E-state index contributed by atoms with van der Waals surface area (Å²) in [7, 11) is 1.50. The lowest BCUT2D eigenvalue weighted by Crippen LogP contribution is -2.48. The average Bonchev–Trinajstić information content (AvgIpc) is 3.74. The largest absolute Gasteiger partial charge is 0.367 e. The maximum Gasteiger partial charge on any atom is 0.258 e. The number of nitrogens with one attached hydrogen (secondary N) is 2. The average molecular weight is 651 g/mol. The molecule has 1 atom stereocenters. The first kappa shape index (κ1) is 31.2. The van der Waals surface area contributed by atoms with Gasteiger partial charge in [-0.25, -0.2) is 18.7 Å². The Morgan fingerprint density at radius 3 is 2.54 bits per heavy atom. The van der Waals surface area contributed by atoms with Crippen LogP contribution < -0.4 is 5.32 Å². The monoisotopic (exact) mass is 650 g/mol. The van der Waals surface area contributed by atoms with Gasteiger partial charge >= 0.3 is 0 Å². The van der Waals surface area contributed by atoms with Gasteiger partial charge in [-0.3, -0.25) is 24.6 Å². The van der Waals surface area contributed by atoms with Crippen molar-refractivity contribution in [1.29, 1.82) is 0 Å². The molecule has 0 unspecified atom stereocenters. The molecule has 48 heavy (non-hydrogen) atoms. The van der Waals surface area contributed by atoms with Crippen molar-refractivity contribution >= 4 is 34.0 Å². The third-order valence-corrected chi connectivity index (χ3v) is 8.94. The highest BCUT2D eigenvalue weighted by Gasteiger charge is 2.45. The Labute approximate surface area is 274 Å². The Balaban J connectivity index is 0.970. The van der Waals surface area contributed by atoms with Gasteiger partial charge in [-0.05, 0) is 73.0 Å². The molecule has 5 heterocycles. The number of hydrogen-bond acceptors (Lipinski definition) is 8. The summed E-state index contributed by atoms with van der Waals surface area (Å²) in [5, 5.41) is 11.1. The molecular formula is C35H32F2N8O3. The van der Waals surface area contributed by atoms with Crippen molar-refractivity contribution in [3.63, 3.8) is 0 Å². The number of methoxy groups -OCH3 is 1. The zero-order valence-electron chi connectivity index (χ0n) is 26.1. The molecule has 0 saturated carbocycles. The summed E-state index contributed by atoms with van der Waals surface area (Å²) >= 11 is 0. The van der Waals surface area contributed by atoms with Gasteiger partial charge in [-0.15, -0.1) is 0 Å². The second kappa shape index (κ2) is 13.0. The fourth-order valence-corrected chi connectivity index (χ4v) is 6.25. The molecule has 7 rings (SSSR count). The standard InChI is InChI=1S/C35H32F2N8O3/c1-48-35(34(47)41-26-7-8-29-27(18-26)31(43-42-29)22-3-5-25(36)6-4-22)11-16-44(21-35)20-30(46)45-14-9-23(10-15-45)32-28(37)17-24(19-40-32)33-38-12-2-13-39-33/h2-9,12-13,17-19H,10-11,14-16,20-21H2,1H3,(H,41,47)(H,42,43)/t35-/m0/s1. The number of H-pyrrole nitrogens is 1. The highest BCUT2D eigenvalue weighted by atomic mass is 19.1. The molecule has 1 saturated heterocycles. The maximum absolute atomic E-state index is 15.0. The minimum atomic E-state index is -1.14. The highest BCUT2D eigenvalue weighted by molar-refractivity contribution is 6.01. The molecule has 0 bridgehead atoms. The summed E-state index contributed by atoms with van der Waals surface area (Å²) in [6.07, 6.45) is 7.44. The van der Waals surface area contributed by atoms with E-state index >= 15 is 4.39 Å². The normalized spacial score (nSPS) is 18.2. The summed E-state index contributed by atoms with van der Waals surface area (Å²) in [5.74, 6) is -0.792. The quantitative estimate of drug-likeness (QED) is 0.247. The van der Waals surface area contributed by atoms with Crippen LogP contribution in [-0.2, 0) is 14.3 Å². The van der Waals surface area contributed by atoms with E-state index in [9.17, 15) is 14.0 Å². The Bertz CT molecular complexity index is 2020. The number of ether oxygens (including phenoxy) is 1. The van der Waals surface area contributed by atoms with Gasteiger partial charge in [0.1, 0.15) is 17.3 Å².